The van der Waals surface area contributed by atoms with Crippen LogP contribution in [0.2, 0.25) is 0 Å². The molecule has 0 aromatic heterocycles. The largest absolute Gasteiger partial charge is 0.369 e. The summed E-state index contributed by atoms with van der Waals surface area (Å²) in [6.07, 6.45) is 0.335. The van der Waals surface area contributed by atoms with Gasteiger partial charge in [0.15, 0.2) is 0 Å². The van der Waals surface area contributed by atoms with E-state index in [1.807, 2.05) is 80.4 Å². The monoisotopic (exact) mass is 488 g/mol. The SMILES string of the molecule is CCS(=O)(=O)O.CN(Cc1ccccc1)C(=O)Cc1ccc(N2C(N)=NC(N)=NC2(C)C)cc1. The first-order valence-electron chi connectivity index (χ1n) is 10.6. The van der Waals surface area contributed by atoms with Crippen molar-refractivity contribution in [3.05, 3.63) is 65.7 Å². The Morgan fingerprint density at radius 2 is 1.62 bits per heavy atom. The van der Waals surface area contributed by atoms with Gasteiger partial charge in [0.25, 0.3) is 10.1 Å². The molecule has 2 aromatic carbocycles. The topological polar surface area (TPSA) is 155 Å². The Balaban J connectivity index is 0.000000604. The number of likely N-dealkylation sites (N-methyl/N-ethyl adjacent to an activating group) is 1. The van der Waals surface area contributed by atoms with Crippen molar-refractivity contribution in [1.29, 1.82) is 0 Å². The van der Waals surface area contributed by atoms with Gasteiger partial charge in [-0.15, -0.1) is 0 Å². The number of carbonyl (C=O) groups excluding carboxylic acids is 1. The van der Waals surface area contributed by atoms with E-state index in [1.54, 1.807) is 4.90 Å². The third-order valence-electron chi connectivity index (χ3n) is 5.00. The molecule has 0 radical (unpaired) electrons. The maximum absolute atomic E-state index is 12.5. The molecule has 0 fully saturated rings. The van der Waals surface area contributed by atoms with Gasteiger partial charge < -0.3 is 16.4 Å². The molecule has 0 spiro atoms. The number of hydrogen-bond acceptors (Lipinski definition) is 8. The molecule has 0 atom stereocenters. The Bertz CT molecular complexity index is 1150. The van der Waals surface area contributed by atoms with E-state index < -0.39 is 15.8 Å². The number of hydrogen-bond donors (Lipinski definition) is 3. The van der Waals surface area contributed by atoms with E-state index in [4.69, 9.17) is 16.0 Å². The summed E-state index contributed by atoms with van der Waals surface area (Å²) in [6, 6.07) is 17.6. The molecule has 10 nitrogen and oxygen atoms in total. The summed E-state index contributed by atoms with van der Waals surface area (Å²) < 4.78 is 26.9. The highest BCUT2D eigenvalue weighted by atomic mass is 32.2. The molecular weight excluding hydrogens is 456 g/mol. The average molecular weight is 489 g/mol. The summed E-state index contributed by atoms with van der Waals surface area (Å²) >= 11 is 0. The van der Waals surface area contributed by atoms with Gasteiger partial charge in [-0.2, -0.15) is 13.4 Å². The average Bonchev–Trinajstić information content (AvgIpc) is 2.74. The minimum absolute atomic E-state index is 0.0633. The minimum Gasteiger partial charge on any atom is -0.369 e. The predicted molar refractivity (Wildman–Crippen MR) is 135 cm³/mol. The Hall–Kier alpha value is -3.44. The zero-order valence-electron chi connectivity index (χ0n) is 19.8. The van der Waals surface area contributed by atoms with E-state index in [9.17, 15) is 13.2 Å². The summed E-state index contributed by atoms with van der Waals surface area (Å²) in [5.74, 6) is 0.326. The van der Waals surface area contributed by atoms with Gasteiger partial charge in [0.2, 0.25) is 17.8 Å². The van der Waals surface area contributed by atoms with Gasteiger partial charge in [0, 0.05) is 19.3 Å². The smallest absolute Gasteiger partial charge is 0.264 e. The van der Waals surface area contributed by atoms with Gasteiger partial charge in [-0.25, -0.2) is 4.99 Å². The van der Waals surface area contributed by atoms with Crippen LogP contribution in [0.5, 0.6) is 0 Å². The molecular formula is C23H32N6O4S. The molecule has 5 N–H and O–H groups in total. The van der Waals surface area contributed by atoms with Crippen molar-refractivity contribution in [2.45, 2.75) is 39.4 Å². The molecule has 0 aliphatic carbocycles. The summed E-state index contributed by atoms with van der Waals surface area (Å²) in [6.45, 7) is 5.79. The number of nitrogens with two attached hydrogens (primary N) is 2. The van der Waals surface area contributed by atoms with Crippen LogP contribution in [0.4, 0.5) is 5.69 Å². The Kier molecular flexibility index (Phi) is 8.77. The lowest BCUT2D eigenvalue weighted by Gasteiger charge is -2.38. The van der Waals surface area contributed by atoms with Gasteiger partial charge in [-0.1, -0.05) is 42.5 Å². The van der Waals surface area contributed by atoms with Crippen molar-refractivity contribution in [2.24, 2.45) is 21.5 Å². The molecule has 1 heterocycles. The molecule has 1 amide bonds. The van der Waals surface area contributed by atoms with E-state index in [1.165, 1.54) is 6.92 Å². The standard InChI is InChI=1S/C21H26N6O.C2H6O3S/c1-21(2)25-19(22)24-20(23)27(21)17-11-9-15(10-12-17)13-18(28)26(3)14-16-7-5-4-6-8-16;1-2-6(3,4)5/h4-12H,13-14H2,1-3H3,(H4,22,23,24,25);2H2,1H3,(H,3,4,5). The van der Waals surface area contributed by atoms with E-state index in [2.05, 4.69) is 9.98 Å². The number of anilines is 1. The second-order valence-electron chi connectivity index (χ2n) is 8.22. The maximum atomic E-state index is 12.5. The van der Waals surface area contributed by atoms with Crippen molar-refractivity contribution in [2.75, 3.05) is 17.7 Å². The quantitative estimate of drug-likeness (QED) is 0.525. The van der Waals surface area contributed by atoms with Crippen LogP contribution in [0.1, 0.15) is 31.9 Å². The van der Waals surface area contributed by atoms with Crippen molar-refractivity contribution in [3.63, 3.8) is 0 Å². The molecule has 0 unspecified atom stereocenters. The third kappa shape index (κ3) is 7.85. The highest BCUT2D eigenvalue weighted by molar-refractivity contribution is 7.85. The van der Waals surface area contributed by atoms with Crippen LogP contribution in [0.3, 0.4) is 0 Å². The van der Waals surface area contributed by atoms with Gasteiger partial charge in [0.1, 0.15) is 5.66 Å². The lowest BCUT2D eigenvalue weighted by Crippen LogP contribution is -2.54. The normalized spacial score (nSPS) is 14.9. The van der Waals surface area contributed by atoms with Crippen LogP contribution in [0, 0.1) is 0 Å². The van der Waals surface area contributed by atoms with Crippen molar-refractivity contribution < 1.29 is 17.8 Å². The van der Waals surface area contributed by atoms with E-state index >= 15 is 0 Å². The highest BCUT2D eigenvalue weighted by Gasteiger charge is 2.32. The number of nitrogens with zero attached hydrogens (tertiary/aromatic N) is 4. The number of amides is 1. The summed E-state index contributed by atoms with van der Waals surface area (Å²) in [4.78, 5) is 24.5. The van der Waals surface area contributed by atoms with E-state index in [0.717, 1.165) is 16.8 Å². The van der Waals surface area contributed by atoms with Gasteiger partial charge >= 0.3 is 0 Å². The van der Waals surface area contributed by atoms with E-state index in [-0.39, 0.29) is 17.6 Å². The lowest BCUT2D eigenvalue weighted by atomic mass is 10.1. The minimum atomic E-state index is -3.66. The fraction of sp³-hybridized carbons (Fsp3) is 0.348. The van der Waals surface area contributed by atoms with Gasteiger partial charge in [0.05, 0.1) is 12.2 Å². The number of rotatable bonds is 6. The number of carbonyl (C=O) groups is 1. The van der Waals surface area contributed by atoms with Gasteiger partial charge in [-0.05, 0) is 44.0 Å². The summed E-state index contributed by atoms with van der Waals surface area (Å²) in [5.41, 5.74) is 14.0. The highest BCUT2D eigenvalue weighted by Crippen LogP contribution is 2.27. The fourth-order valence-electron chi connectivity index (χ4n) is 3.27. The zero-order chi connectivity index (χ0) is 25.5. The molecule has 3 rings (SSSR count). The second-order valence-corrected chi connectivity index (χ2v) is 9.96. The number of aliphatic imine (C=N–C) groups is 2. The first-order valence-corrected chi connectivity index (χ1v) is 12.2. The van der Waals surface area contributed by atoms with Crippen LogP contribution in [-0.4, -0.2) is 54.2 Å². The molecule has 34 heavy (non-hydrogen) atoms. The van der Waals surface area contributed by atoms with E-state index in [0.29, 0.717) is 18.9 Å². The molecule has 0 bridgehead atoms. The first kappa shape index (κ1) is 26.8. The van der Waals surface area contributed by atoms with Crippen molar-refractivity contribution in [1.82, 2.24) is 4.90 Å². The van der Waals surface area contributed by atoms with Gasteiger partial charge in [-0.3, -0.25) is 14.2 Å². The summed E-state index contributed by atoms with van der Waals surface area (Å²) in [5, 5.41) is 0. The Morgan fingerprint density at radius 1 is 1.06 bits per heavy atom. The van der Waals surface area contributed by atoms with Crippen LogP contribution in [0.25, 0.3) is 0 Å². The molecule has 0 saturated carbocycles. The summed E-state index contributed by atoms with van der Waals surface area (Å²) in [7, 11) is -1.84. The Labute approximate surface area is 200 Å². The molecule has 11 heteroatoms. The molecule has 1 aliphatic rings. The fourth-order valence-corrected chi connectivity index (χ4v) is 3.27. The van der Waals surface area contributed by atoms with Crippen molar-refractivity contribution in [3.8, 4) is 0 Å². The van der Waals surface area contributed by atoms with Crippen LogP contribution in [0.15, 0.2) is 64.6 Å². The molecule has 2 aromatic rings. The zero-order valence-corrected chi connectivity index (χ0v) is 20.7. The number of guanidine groups is 2. The Morgan fingerprint density at radius 3 is 2.12 bits per heavy atom. The maximum Gasteiger partial charge on any atom is 0.264 e. The lowest BCUT2D eigenvalue weighted by molar-refractivity contribution is -0.129. The molecule has 184 valence electrons. The van der Waals surface area contributed by atoms with Crippen LogP contribution < -0.4 is 16.4 Å². The second kappa shape index (κ2) is 11.1. The first-order chi connectivity index (χ1) is 15.8. The van der Waals surface area contributed by atoms with Crippen LogP contribution >= 0.6 is 0 Å². The van der Waals surface area contributed by atoms with Crippen LogP contribution in [-0.2, 0) is 27.9 Å². The number of benzene rings is 2. The molecule has 1 aliphatic heterocycles. The molecule has 0 saturated heterocycles. The predicted octanol–water partition coefficient (Wildman–Crippen LogP) is 1.97. The third-order valence-corrected chi connectivity index (χ3v) is 5.73. The van der Waals surface area contributed by atoms with Crippen molar-refractivity contribution >= 4 is 33.6 Å².